The van der Waals surface area contributed by atoms with Crippen molar-refractivity contribution in [3.05, 3.63) is 0 Å². The minimum atomic E-state index is 0.322. The number of hydrogen-bond donors (Lipinski definition) is 0. The van der Waals surface area contributed by atoms with Crippen molar-refractivity contribution < 1.29 is 0 Å². The molecule has 0 aromatic rings. The van der Waals surface area contributed by atoms with Gasteiger partial charge in [-0.2, -0.15) is 0 Å². The third-order valence-electron chi connectivity index (χ3n) is 4.67. The van der Waals surface area contributed by atoms with Crippen LogP contribution in [0.4, 0.5) is 0 Å². The Morgan fingerprint density at radius 2 is 1.00 bits per heavy atom. The minimum Gasteiger partial charge on any atom is -0.0945 e. The minimum absolute atomic E-state index is 0.322. The zero-order chi connectivity index (χ0) is 10.3. The van der Waals surface area contributed by atoms with Crippen molar-refractivity contribution >= 4 is 15.2 Å². The molecule has 0 amide bonds. The molecule has 0 radical (unpaired) electrons. The van der Waals surface area contributed by atoms with E-state index in [1.165, 1.54) is 24.7 Å². The smallest absolute Gasteiger partial charge is 0.0945 e. The van der Waals surface area contributed by atoms with Gasteiger partial charge in [0.05, 0.1) is 0 Å². The molecule has 0 aromatic heterocycles. The Morgan fingerprint density at radius 3 is 1.40 bits per heavy atom. The normalized spacial score (nSPS) is 25.3. The van der Waals surface area contributed by atoms with Crippen LogP contribution in [0.15, 0.2) is 0 Å². The summed E-state index contributed by atoms with van der Waals surface area (Å²) >= 11 is 0.322. The van der Waals surface area contributed by atoms with Gasteiger partial charge in [0.15, 0.2) is 0 Å². The van der Waals surface area contributed by atoms with E-state index in [9.17, 15) is 0 Å². The summed E-state index contributed by atoms with van der Waals surface area (Å²) in [5, 5.41) is 3.38. The lowest BCUT2D eigenvalue weighted by Crippen LogP contribution is -2.13. The quantitative estimate of drug-likeness (QED) is 0.618. The van der Waals surface area contributed by atoms with Crippen LogP contribution in [0.25, 0.3) is 0 Å². The molecule has 0 atom stereocenters. The summed E-state index contributed by atoms with van der Waals surface area (Å²) in [4.78, 5) is 0. The zero-order valence-corrected chi connectivity index (χ0v) is 11.8. The fraction of sp³-hybridized carbons (Fsp3) is 1.00. The molecule has 2 aliphatic carbocycles. The van der Waals surface area contributed by atoms with E-state index in [1.54, 1.807) is 61.9 Å². The van der Waals surface area contributed by atoms with Gasteiger partial charge in [-0.1, -0.05) is 86.6 Å². The van der Waals surface area contributed by atoms with Gasteiger partial charge in [0.1, 0.15) is 0 Å². The molecule has 0 N–H and O–H groups in total. The maximum atomic E-state index is 1.69. The highest BCUT2D eigenvalue weighted by Crippen LogP contribution is 2.30. The van der Waals surface area contributed by atoms with Gasteiger partial charge < -0.3 is 0 Å². The molecule has 15 heavy (non-hydrogen) atoms. The van der Waals surface area contributed by atoms with Crippen molar-refractivity contribution in [3.8, 4) is 0 Å². The van der Waals surface area contributed by atoms with E-state index in [0.717, 1.165) is 0 Å². The lowest BCUT2D eigenvalue weighted by molar-refractivity contribution is 0.373. The molecule has 0 saturated heterocycles. The monoisotopic (exact) mass is 222 g/mol. The van der Waals surface area contributed by atoms with E-state index >= 15 is 0 Å². The van der Waals surface area contributed by atoms with Crippen molar-refractivity contribution in [1.82, 2.24) is 0 Å². The van der Waals surface area contributed by atoms with Gasteiger partial charge in [0.25, 0.3) is 0 Å². The van der Waals surface area contributed by atoms with Crippen LogP contribution in [0.2, 0.25) is 10.6 Å². The van der Waals surface area contributed by atoms with Gasteiger partial charge in [-0.25, -0.2) is 0 Å². The van der Waals surface area contributed by atoms with Crippen LogP contribution >= 0.6 is 0 Å². The molecule has 0 heterocycles. The second kappa shape index (κ2) is 6.98. The molecule has 0 spiro atoms. The summed E-state index contributed by atoms with van der Waals surface area (Å²) in [6, 6.07) is 0. The van der Waals surface area contributed by atoms with Crippen LogP contribution in [-0.2, 0) is 0 Å². The topological polar surface area (TPSA) is 0 Å². The summed E-state index contributed by atoms with van der Waals surface area (Å²) in [5.74, 6) is 2.35. The molecule has 86 valence electrons. The highest BCUT2D eigenvalue weighted by molar-refractivity contribution is 6.35. The third kappa shape index (κ3) is 4.50. The van der Waals surface area contributed by atoms with Gasteiger partial charge in [0, 0.05) is 0 Å². The first-order valence-electron chi connectivity index (χ1n) is 7.45. The molecule has 1 heteroatoms. The Kier molecular flexibility index (Phi) is 5.58. The second-order valence-electron chi connectivity index (χ2n) is 5.94. The average molecular weight is 222 g/mol. The molecule has 2 saturated carbocycles. The van der Waals surface area contributed by atoms with E-state index in [0.29, 0.717) is 15.2 Å². The van der Waals surface area contributed by atoms with Crippen LogP contribution in [0.5, 0.6) is 0 Å². The lowest BCUT2D eigenvalue weighted by atomic mass is 9.90. The van der Waals surface area contributed by atoms with Crippen molar-refractivity contribution in [2.75, 3.05) is 0 Å². The molecule has 2 fully saturated rings. The van der Waals surface area contributed by atoms with E-state index in [2.05, 4.69) is 0 Å². The molecular weight excluding hydrogens is 195 g/mol. The van der Waals surface area contributed by atoms with Crippen LogP contribution in [0, 0.1) is 11.8 Å². The number of hydrogen-bond acceptors (Lipinski definition) is 0. The van der Waals surface area contributed by atoms with E-state index in [4.69, 9.17) is 0 Å². The van der Waals surface area contributed by atoms with Gasteiger partial charge in [-0.05, 0) is 0 Å². The maximum absolute atomic E-state index is 1.69. The summed E-state index contributed by atoms with van der Waals surface area (Å²) in [6.45, 7) is 0. The molecule has 0 nitrogen and oxygen atoms in total. The van der Waals surface area contributed by atoms with Gasteiger partial charge in [-0.15, -0.1) is 0 Å². The number of rotatable bonds is 4. The third-order valence-corrected chi connectivity index (χ3v) is 7.12. The summed E-state index contributed by atoms with van der Waals surface area (Å²) in [6.07, 6.45) is 15.6. The first-order valence-corrected chi connectivity index (χ1v) is 9.45. The van der Waals surface area contributed by atoms with E-state index in [-0.39, 0.29) is 0 Å². The van der Waals surface area contributed by atoms with E-state index < -0.39 is 0 Å². The summed E-state index contributed by atoms with van der Waals surface area (Å²) in [5.41, 5.74) is 0. The first-order chi connectivity index (χ1) is 7.45. The predicted octanol–water partition coefficient (Wildman–Crippen LogP) is 4.42. The van der Waals surface area contributed by atoms with Crippen LogP contribution in [0.1, 0.15) is 64.2 Å². The Bertz CT molecular complexity index is 137. The molecular formula is C14H27Al. The van der Waals surface area contributed by atoms with Crippen molar-refractivity contribution in [2.45, 2.75) is 74.8 Å². The van der Waals surface area contributed by atoms with Gasteiger partial charge in [-0.3, -0.25) is 0 Å². The van der Waals surface area contributed by atoms with E-state index in [1.807, 2.05) is 0 Å². The predicted molar refractivity (Wildman–Crippen MR) is 69.9 cm³/mol. The van der Waals surface area contributed by atoms with Gasteiger partial charge >= 0.3 is 0 Å². The lowest BCUT2D eigenvalue weighted by Gasteiger charge is -2.24. The van der Waals surface area contributed by atoms with Crippen LogP contribution in [0.3, 0.4) is 0 Å². The first kappa shape index (κ1) is 12.0. The Balaban J connectivity index is 1.53. The highest BCUT2D eigenvalue weighted by Gasteiger charge is 2.17. The fourth-order valence-electron chi connectivity index (χ4n) is 3.65. The highest BCUT2D eigenvalue weighted by atomic mass is 27.1. The molecule has 2 aliphatic rings. The van der Waals surface area contributed by atoms with Crippen LogP contribution in [-0.4, -0.2) is 15.2 Å². The van der Waals surface area contributed by atoms with Crippen LogP contribution < -0.4 is 0 Å². The maximum Gasteiger partial charge on any atom is 0.237 e. The largest absolute Gasteiger partial charge is 0.237 e. The van der Waals surface area contributed by atoms with Gasteiger partial charge in [0.2, 0.25) is 15.2 Å². The molecule has 0 bridgehead atoms. The Hall–Kier alpha value is 0.532. The Morgan fingerprint density at radius 1 is 0.600 bits per heavy atom. The summed E-state index contributed by atoms with van der Waals surface area (Å²) in [7, 11) is 0. The SMILES string of the molecule is C1CCC([CH2][AlH][CH2]C2CCCCC2)CC1. The van der Waals surface area contributed by atoms with Crippen molar-refractivity contribution in [1.29, 1.82) is 0 Å². The van der Waals surface area contributed by atoms with Crippen molar-refractivity contribution in [2.24, 2.45) is 11.8 Å². The second-order valence-corrected chi connectivity index (χ2v) is 7.80. The molecule has 0 aliphatic heterocycles. The molecule has 0 aromatic carbocycles. The standard InChI is InChI=1S/2C7H13.Al.H/c2*1-7-5-3-2-4-6-7;;/h2*7H,1-6H2;;. The average Bonchev–Trinajstić information content (AvgIpc) is 2.32. The summed E-state index contributed by atoms with van der Waals surface area (Å²) < 4.78 is 0. The fourth-order valence-corrected chi connectivity index (χ4v) is 6.19. The Labute approximate surface area is 102 Å². The zero-order valence-electron chi connectivity index (χ0n) is 10.3. The van der Waals surface area contributed by atoms with Crippen molar-refractivity contribution in [3.63, 3.8) is 0 Å². The molecule has 0 unspecified atom stereocenters. The molecule has 2 rings (SSSR count).